The average Bonchev–Trinajstić information content (AvgIpc) is 3.12. The molecule has 0 radical (unpaired) electrons. The number of rotatable bonds is 7. The smallest absolute Gasteiger partial charge is 0.243 e. The highest BCUT2D eigenvalue weighted by atomic mass is 32.1. The third-order valence-corrected chi connectivity index (χ3v) is 5.60. The van der Waals surface area contributed by atoms with Gasteiger partial charge in [0.05, 0.1) is 13.1 Å². The molecule has 0 bridgehead atoms. The highest BCUT2D eigenvalue weighted by Gasteiger charge is 2.19. The fourth-order valence-corrected chi connectivity index (χ4v) is 3.56. The minimum absolute atomic E-state index is 0.0355. The van der Waals surface area contributed by atoms with Gasteiger partial charge in [-0.3, -0.25) is 14.5 Å². The normalized spacial score (nSPS) is 12.1. The zero-order valence-electron chi connectivity index (χ0n) is 16.1. The van der Waals surface area contributed by atoms with E-state index in [2.05, 4.69) is 18.3 Å². The van der Waals surface area contributed by atoms with Gasteiger partial charge in [-0.15, -0.1) is 11.3 Å². The third-order valence-electron chi connectivity index (χ3n) is 4.55. The molecule has 0 aliphatic carbocycles. The number of amides is 2. The van der Waals surface area contributed by atoms with Crippen molar-refractivity contribution in [3.63, 3.8) is 0 Å². The van der Waals surface area contributed by atoms with Gasteiger partial charge in [-0.25, -0.2) is 0 Å². The lowest BCUT2D eigenvalue weighted by atomic mass is 10.1. The van der Waals surface area contributed by atoms with Crippen molar-refractivity contribution in [3.8, 4) is 0 Å². The fourth-order valence-electron chi connectivity index (χ4n) is 2.71. The van der Waals surface area contributed by atoms with Crippen molar-refractivity contribution in [2.24, 2.45) is 0 Å². The first-order valence-electron chi connectivity index (χ1n) is 8.63. The molecule has 5 nitrogen and oxygen atoms in total. The van der Waals surface area contributed by atoms with E-state index in [4.69, 9.17) is 0 Å². The standard InChI is InChI=1S/C20H27N3O2S/c1-14-8-6-9-15(2)20(14)21-18(24)12-23(5)19(25)13-22(4)16(3)17-10-7-11-26-17/h6-11,16H,12-13H2,1-5H3,(H,21,24). The number of nitrogens with one attached hydrogen (secondary N) is 1. The van der Waals surface area contributed by atoms with Crippen LogP contribution in [0.5, 0.6) is 0 Å². The number of likely N-dealkylation sites (N-methyl/N-ethyl adjacent to an activating group) is 2. The SMILES string of the molecule is Cc1cccc(C)c1NC(=O)CN(C)C(=O)CN(C)C(C)c1cccs1. The van der Waals surface area contributed by atoms with Gasteiger partial charge < -0.3 is 10.2 Å². The summed E-state index contributed by atoms with van der Waals surface area (Å²) in [7, 11) is 3.59. The summed E-state index contributed by atoms with van der Waals surface area (Å²) >= 11 is 1.68. The summed E-state index contributed by atoms with van der Waals surface area (Å²) in [6.07, 6.45) is 0. The molecule has 0 fully saturated rings. The van der Waals surface area contributed by atoms with Crippen LogP contribution >= 0.6 is 11.3 Å². The quantitative estimate of drug-likeness (QED) is 0.809. The number of aryl methyl sites for hydroxylation is 2. The van der Waals surface area contributed by atoms with E-state index in [0.29, 0.717) is 0 Å². The van der Waals surface area contributed by atoms with E-state index in [0.717, 1.165) is 16.8 Å². The van der Waals surface area contributed by atoms with Gasteiger partial charge in [0.1, 0.15) is 0 Å². The van der Waals surface area contributed by atoms with Crippen LogP contribution in [0.3, 0.4) is 0 Å². The largest absolute Gasteiger partial charge is 0.335 e. The first kappa shape index (κ1) is 20.1. The zero-order valence-corrected chi connectivity index (χ0v) is 16.9. The molecule has 0 aliphatic heterocycles. The summed E-state index contributed by atoms with van der Waals surface area (Å²) in [5, 5.41) is 4.95. The molecule has 0 aliphatic rings. The maximum atomic E-state index is 12.5. The Morgan fingerprint density at radius 2 is 1.73 bits per heavy atom. The minimum Gasteiger partial charge on any atom is -0.335 e. The Kier molecular flexibility index (Phi) is 6.94. The molecule has 2 aromatic rings. The van der Waals surface area contributed by atoms with E-state index in [-0.39, 0.29) is 30.9 Å². The van der Waals surface area contributed by atoms with E-state index < -0.39 is 0 Å². The van der Waals surface area contributed by atoms with Crippen LogP contribution in [0.4, 0.5) is 5.69 Å². The number of anilines is 1. The molecule has 0 saturated heterocycles. The molecular formula is C20H27N3O2S. The molecular weight excluding hydrogens is 346 g/mol. The van der Waals surface area contributed by atoms with Crippen LogP contribution in [-0.4, -0.2) is 48.8 Å². The lowest BCUT2D eigenvalue weighted by Crippen LogP contribution is -2.41. The maximum Gasteiger partial charge on any atom is 0.243 e. The van der Waals surface area contributed by atoms with Gasteiger partial charge in [-0.05, 0) is 50.4 Å². The Balaban J connectivity index is 1.89. The number of carbonyl (C=O) groups excluding carboxylic acids is 2. The van der Waals surface area contributed by atoms with Gasteiger partial charge >= 0.3 is 0 Å². The lowest BCUT2D eigenvalue weighted by molar-refractivity contribution is -0.134. The molecule has 1 heterocycles. The molecule has 2 amide bonds. The van der Waals surface area contributed by atoms with E-state index in [1.54, 1.807) is 18.4 Å². The molecule has 1 aromatic carbocycles. The molecule has 1 aromatic heterocycles. The van der Waals surface area contributed by atoms with Gasteiger partial charge in [-0.1, -0.05) is 24.3 Å². The summed E-state index contributed by atoms with van der Waals surface area (Å²) in [6, 6.07) is 10.1. The van der Waals surface area contributed by atoms with E-state index in [1.807, 2.05) is 55.4 Å². The van der Waals surface area contributed by atoms with Crippen molar-refractivity contribution in [1.29, 1.82) is 0 Å². The number of benzene rings is 1. The number of thiophene rings is 1. The maximum absolute atomic E-state index is 12.5. The third kappa shape index (κ3) is 5.16. The lowest BCUT2D eigenvalue weighted by Gasteiger charge is -2.26. The highest BCUT2D eigenvalue weighted by Crippen LogP contribution is 2.23. The van der Waals surface area contributed by atoms with E-state index in [9.17, 15) is 9.59 Å². The van der Waals surface area contributed by atoms with Crippen LogP contribution < -0.4 is 5.32 Å². The van der Waals surface area contributed by atoms with Gasteiger partial charge in [0.25, 0.3) is 0 Å². The molecule has 1 atom stereocenters. The Bertz CT molecular complexity index is 738. The minimum atomic E-state index is -0.188. The van der Waals surface area contributed by atoms with Crippen molar-refractivity contribution in [1.82, 2.24) is 9.80 Å². The number of hydrogen-bond acceptors (Lipinski definition) is 4. The zero-order chi connectivity index (χ0) is 19.3. The Morgan fingerprint density at radius 3 is 2.31 bits per heavy atom. The van der Waals surface area contributed by atoms with Crippen molar-refractivity contribution in [2.45, 2.75) is 26.8 Å². The first-order valence-corrected chi connectivity index (χ1v) is 9.51. The first-order chi connectivity index (χ1) is 12.3. The Hall–Kier alpha value is -2.18. The molecule has 0 saturated carbocycles. The second kappa shape index (κ2) is 8.96. The van der Waals surface area contributed by atoms with Crippen molar-refractivity contribution < 1.29 is 9.59 Å². The second-order valence-electron chi connectivity index (χ2n) is 6.67. The Morgan fingerprint density at radius 1 is 1.08 bits per heavy atom. The molecule has 1 N–H and O–H groups in total. The van der Waals surface area contributed by atoms with Gasteiger partial charge in [-0.2, -0.15) is 0 Å². The highest BCUT2D eigenvalue weighted by molar-refractivity contribution is 7.10. The van der Waals surface area contributed by atoms with Crippen LogP contribution in [0.2, 0.25) is 0 Å². The van der Waals surface area contributed by atoms with E-state index in [1.165, 1.54) is 9.78 Å². The Labute approximate surface area is 159 Å². The number of para-hydroxylation sites is 1. The predicted octanol–water partition coefficient (Wildman–Crippen LogP) is 3.45. The van der Waals surface area contributed by atoms with Gasteiger partial charge in [0, 0.05) is 23.7 Å². The van der Waals surface area contributed by atoms with E-state index >= 15 is 0 Å². The van der Waals surface area contributed by atoms with Gasteiger partial charge in [0.15, 0.2) is 0 Å². The fraction of sp³-hybridized carbons (Fsp3) is 0.400. The topological polar surface area (TPSA) is 52.7 Å². The predicted molar refractivity (Wildman–Crippen MR) is 108 cm³/mol. The number of hydrogen-bond donors (Lipinski definition) is 1. The average molecular weight is 374 g/mol. The van der Waals surface area contributed by atoms with Crippen LogP contribution in [0.1, 0.15) is 29.0 Å². The molecule has 140 valence electrons. The molecule has 0 spiro atoms. The molecule has 26 heavy (non-hydrogen) atoms. The van der Waals surface area contributed by atoms with Crippen molar-refractivity contribution in [3.05, 3.63) is 51.7 Å². The molecule has 2 rings (SSSR count). The van der Waals surface area contributed by atoms with Crippen LogP contribution in [0.25, 0.3) is 0 Å². The molecule has 1 unspecified atom stereocenters. The monoisotopic (exact) mass is 373 g/mol. The summed E-state index contributed by atoms with van der Waals surface area (Å²) in [5.41, 5.74) is 2.84. The van der Waals surface area contributed by atoms with Gasteiger partial charge in [0.2, 0.25) is 11.8 Å². The van der Waals surface area contributed by atoms with Crippen LogP contribution in [0.15, 0.2) is 35.7 Å². The molecule has 6 heteroatoms. The number of nitrogens with zero attached hydrogens (tertiary/aromatic N) is 2. The van der Waals surface area contributed by atoms with Crippen molar-refractivity contribution in [2.75, 3.05) is 32.5 Å². The summed E-state index contributed by atoms with van der Waals surface area (Å²) in [5.74, 6) is -0.264. The summed E-state index contributed by atoms with van der Waals surface area (Å²) in [6.45, 7) is 6.30. The van der Waals surface area contributed by atoms with Crippen LogP contribution in [-0.2, 0) is 9.59 Å². The summed E-state index contributed by atoms with van der Waals surface area (Å²) in [4.78, 5) is 29.5. The summed E-state index contributed by atoms with van der Waals surface area (Å²) < 4.78 is 0. The van der Waals surface area contributed by atoms with Crippen molar-refractivity contribution >= 4 is 28.8 Å². The van der Waals surface area contributed by atoms with Crippen LogP contribution in [0, 0.1) is 13.8 Å². The number of carbonyl (C=O) groups is 2. The second-order valence-corrected chi connectivity index (χ2v) is 7.65.